The Morgan fingerprint density at radius 1 is 1.22 bits per heavy atom. The third kappa shape index (κ3) is 7.86. The van der Waals surface area contributed by atoms with Crippen LogP contribution >= 0.6 is 23.2 Å². The number of halogens is 2. The highest BCUT2D eigenvalue weighted by molar-refractivity contribution is 6.35. The molecule has 23 heavy (non-hydrogen) atoms. The van der Waals surface area contributed by atoms with E-state index >= 15 is 0 Å². The molecule has 0 bridgehead atoms. The van der Waals surface area contributed by atoms with E-state index in [0.717, 1.165) is 5.56 Å². The summed E-state index contributed by atoms with van der Waals surface area (Å²) in [6.07, 6.45) is 3.98. The predicted octanol–water partition coefficient (Wildman–Crippen LogP) is 5.00. The first kappa shape index (κ1) is 19.3. The smallest absolute Gasteiger partial charge is 0.414 e. The Labute approximate surface area is 146 Å². The lowest BCUT2D eigenvalue weighted by Crippen LogP contribution is -2.35. The number of hydrogen-bond acceptors (Lipinski definition) is 3. The minimum atomic E-state index is -0.781. The molecule has 124 valence electrons. The van der Waals surface area contributed by atoms with Crippen LogP contribution in [0.5, 0.6) is 0 Å². The number of benzene rings is 1. The largest absolute Gasteiger partial charge is 0.444 e. The van der Waals surface area contributed by atoms with Gasteiger partial charge in [-0.3, -0.25) is 10.1 Å². The Morgan fingerprint density at radius 2 is 1.87 bits per heavy atom. The molecule has 2 amide bonds. The molecule has 0 heterocycles. The van der Waals surface area contributed by atoms with Gasteiger partial charge in [0.15, 0.2) is 0 Å². The summed E-state index contributed by atoms with van der Waals surface area (Å²) in [6.45, 7) is 6.89. The molecule has 0 saturated heterocycles. The molecule has 0 aliphatic heterocycles. The fourth-order valence-electron chi connectivity index (χ4n) is 1.55. The molecule has 0 aliphatic carbocycles. The highest BCUT2D eigenvalue weighted by atomic mass is 35.5. The van der Waals surface area contributed by atoms with E-state index in [-0.39, 0.29) is 0 Å². The SMILES string of the molecule is CC(C=Cc1ccc(Cl)cc1Cl)=CC(=O)NC(=O)OC(C)(C)C. The van der Waals surface area contributed by atoms with Crippen molar-refractivity contribution in [2.24, 2.45) is 0 Å². The van der Waals surface area contributed by atoms with Crippen molar-refractivity contribution in [3.63, 3.8) is 0 Å². The molecule has 0 saturated carbocycles. The Balaban J connectivity index is 2.67. The fraction of sp³-hybridized carbons (Fsp3) is 0.294. The summed E-state index contributed by atoms with van der Waals surface area (Å²) >= 11 is 11.9. The molecule has 1 N–H and O–H groups in total. The standard InChI is InChI=1S/C17H19Cl2NO3/c1-11(5-6-12-7-8-13(18)10-14(12)19)9-15(21)20-16(22)23-17(2,3)4/h5-10H,1-4H3,(H,20,21,22). The van der Waals surface area contributed by atoms with Crippen molar-refractivity contribution in [1.82, 2.24) is 5.32 Å². The van der Waals surface area contributed by atoms with Crippen LogP contribution < -0.4 is 5.32 Å². The lowest BCUT2D eigenvalue weighted by Gasteiger charge is -2.18. The van der Waals surface area contributed by atoms with E-state index in [2.05, 4.69) is 5.32 Å². The van der Waals surface area contributed by atoms with Crippen LogP contribution in [0.4, 0.5) is 4.79 Å². The first-order valence-electron chi connectivity index (χ1n) is 6.92. The normalized spacial score (nSPS) is 12.3. The number of carbonyl (C=O) groups excluding carboxylic acids is 2. The summed E-state index contributed by atoms with van der Waals surface area (Å²) in [5.74, 6) is -0.552. The van der Waals surface area contributed by atoms with Crippen molar-refractivity contribution in [1.29, 1.82) is 0 Å². The summed E-state index contributed by atoms with van der Waals surface area (Å²) in [6, 6.07) is 5.13. The molecule has 0 spiro atoms. The van der Waals surface area contributed by atoms with Gasteiger partial charge in [-0.1, -0.05) is 41.4 Å². The fourth-order valence-corrected chi connectivity index (χ4v) is 2.02. The second-order valence-electron chi connectivity index (χ2n) is 5.88. The van der Waals surface area contributed by atoms with E-state index in [1.807, 2.05) is 0 Å². The number of carbonyl (C=O) groups is 2. The Bertz CT molecular complexity index is 658. The third-order valence-electron chi connectivity index (χ3n) is 2.47. The van der Waals surface area contributed by atoms with Gasteiger partial charge >= 0.3 is 6.09 Å². The van der Waals surface area contributed by atoms with Crippen LogP contribution in [0, 0.1) is 0 Å². The van der Waals surface area contributed by atoms with Crippen molar-refractivity contribution in [3.8, 4) is 0 Å². The quantitative estimate of drug-likeness (QED) is 0.612. The van der Waals surface area contributed by atoms with Gasteiger partial charge in [0.05, 0.1) is 0 Å². The molecule has 6 heteroatoms. The van der Waals surface area contributed by atoms with E-state index in [9.17, 15) is 9.59 Å². The van der Waals surface area contributed by atoms with E-state index in [1.54, 1.807) is 58.0 Å². The first-order chi connectivity index (χ1) is 10.6. The van der Waals surface area contributed by atoms with Gasteiger partial charge in [0, 0.05) is 16.1 Å². The number of imide groups is 1. The molecule has 1 rings (SSSR count). The summed E-state index contributed by atoms with van der Waals surface area (Å²) in [5, 5.41) is 3.20. The first-order valence-corrected chi connectivity index (χ1v) is 7.68. The van der Waals surface area contributed by atoms with Crippen LogP contribution in [0.25, 0.3) is 6.08 Å². The van der Waals surface area contributed by atoms with Crippen molar-refractivity contribution in [2.45, 2.75) is 33.3 Å². The van der Waals surface area contributed by atoms with Gasteiger partial charge in [-0.2, -0.15) is 0 Å². The lowest BCUT2D eigenvalue weighted by atomic mass is 10.1. The molecule has 0 atom stereocenters. The lowest BCUT2D eigenvalue weighted by molar-refractivity contribution is -0.116. The third-order valence-corrected chi connectivity index (χ3v) is 3.03. The van der Waals surface area contributed by atoms with Crippen LogP contribution in [-0.2, 0) is 9.53 Å². The summed E-state index contributed by atoms with van der Waals surface area (Å²) in [7, 11) is 0. The number of alkyl carbamates (subject to hydrolysis) is 1. The predicted molar refractivity (Wildman–Crippen MR) is 93.6 cm³/mol. The summed E-state index contributed by atoms with van der Waals surface area (Å²) in [5.41, 5.74) is 0.766. The average Bonchev–Trinajstić information content (AvgIpc) is 2.34. The van der Waals surface area contributed by atoms with Gasteiger partial charge in [0.1, 0.15) is 5.60 Å². The molecule has 4 nitrogen and oxygen atoms in total. The zero-order valence-corrected chi connectivity index (χ0v) is 15.0. The monoisotopic (exact) mass is 355 g/mol. The van der Waals surface area contributed by atoms with E-state index < -0.39 is 17.6 Å². The number of ether oxygens (including phenoxy) is 1. The highest BCUT2D eigenvalue weighted by Gasteiger charge is 2.17. The maximum atomic E-state index is 11.7. The van der Waals surface area contributed by atoms with E-state index in [1.165, 1.54) is 6.08 Å². The summed E-state index contributed by atoms with van der Waals surface area (Å²) < 4.78 is 5.00. The number of allylic oxidation sites excluding steroid dienone is 2. The van der Waals surface area contributed by atoms with Crippen molar-refractivity contribution in [2.75, 3.05) is 0 Å². The van der Waals surface area contributed by atoms with Gasteiger partial charge in [-0.05, 0) is 51.0 Å². The second kappa shape index (κ2) is 8.18. The Hall–Kier alpha value is -1.78. The number of hydrogen-bond donors (Lipinski definition) is 1. The molecule has 0 fully saturated rings. The topological polar surface area (TPSA) is 55.4 Å². The van der Waals surface area contributed by atoms with E-state index in [0.29, 0.717) is 15.6 Å². The Morgan fingerprint density at radius 3 is 2.43 bits per heavy atom. The molecule has 1 aromatic rings. The zero-order chi connectivity index (χ0) is 17.6. The summed E-state index contributed by atoms with van der Waals surface area (Å²) in [4.78, 5) is 23.2. The molecule has 1 aromatic carbocycles. The Kier molecular flexibility index (Phi) is 6.85. The number of rotatable bonds is 3. The zero-order valence-electron chi connectivity index (χ0n) is 13.4. The van der Waals surface area contributed by atoms with Crippen molar-refractivity contribution in [3.05, 3.63) is 51.5 Å². The minimum Gasteiger partial charge on any atom is -0.444 e. The van der Waals surface area contributed by atoms with Crippen molar-refractivity contribution < 1.29 is 14.3 Å². The van der Waals surface area contributed by atoms with Crippen LogP contribution in [-0.4, -0.2) is 17.6 Å². The maximum Gasteiger partial charge on any atom is 0.414 e. The van der Waals surface area contributed by atoms with Crippen LogP contribution in [0.1, 0.15) is 33.3 Å². The minimum absolute atomic E-state index is 0.514. The molecule has 0 aliphatic rings. The van der Waals surface area contributed by atoms with Gasteiger partial charge in [0.25, 0.3) is 5.91 Å². The maximum absolute atomic E-state index is 11.7. The second-order valence-corrected chi connectivity index (χ2v) is 6.72. The highest BCUT2D eigenvalue weighted by Crippen LogP contribution is 2.22. The van der Waals surface area contributed by atoms with Gasteiger partial charge in [0.2, 0.25) is 0 Å². The molecule has 0 unspecified atom stereocenters. The van der Waals surface area contributed by atoms with Gasteiger partial charge in [-0.25, -0.2) is 4.79 Å². The van der Waals surface area contributed by atoms with Crippen LogP contribution in [0.2, 0.25) is 10.0 Å². The molecule has 0 radical (unpaired) electrons. The molecule has 0 aromatic heterocycles. The average molecular weight is 356 g/mol. The molecular weight excluding hydrogens is 337 g/mol. The number of amides is 2. The van der Waals surface area contributed by atoms with Crippen molar-refractivity contribution >= 4 is 41.3 Å². The number of nitrogens with one attached hydrogen (secondary N) is 1. The molecular formula is C17H19Cl2NO3. The van der Waals surface area contributed by atoms with E-state index in [4.69, 9.17) is 27.9 Å². The van der Waals surface area contributed by atoms with Gasteiger partial charge < -0.3 is 4.74 Å². The van der Waals surface area contributed by atoms with Crippen LogP contribution in [0.3, 0.4) is 0 Å². The van der Waals surface area contributed by atoms with Gasteiger partial charge in [-0.15, -0.1) is 0 Å². The van der Waals surface area contributed by atoms with Crippen LogP contribution in [0.15, 0.2) is 35.9 Å².